The first-order chi connectivity index (χ1) is 14.1. The Morgan fingerprint density at radius 1 is 0.966 bits per heavy atom. The molecule has 2 N–H and O–H groups in total. The average Bonchev–Trinajstić information content (AvgIpc) is 3.02. The second-order valence-corrected chi connectivity index (χ2v) is 7.62. The van der Waals surface area contributed by atoms with Gasteiger partial charge in [-0.2, -0.15) is 0 Å². The highest BCUT2D eigenvalue weighted by molar-refractivity contribution is 5.97. The molecular weight excluding hydrogens is 364 g/mol. The molecule has 1 aliphatic rings. The Labute approximate surface area is 172 Å². The molecular formula is C24H30N2O3. The molecule has 0 unspecified atom stereocenters. The lowest BCUT2D eigenvalue weighted by atomic mass is 10.1. The van der Waals surface area contributed by atoms with Crippen molar-refractivity contribution >= 4 is 11.8 Å². The van der Waals surface area contributed by atoms with Crippen LogP contribution in [0, 0.1) is 0 Å². The molecule has 2 aromatic carbocycles. The average molecular weight is 395 g/mol. The highest BCUT2D eigenvalue weighted by atomic mass is 16.5. The van der Waals surface area contributed by atoms with Crippen molar-refractivity contribution in [2.24, 2.45) is 0 Å². The second kappa shape index (κ2) is 10.6. The molecule has 1 atom stereocenters. The van der Waals surface area contributed by atoms with Gasteiger partial charge in [-0.1, -0.05) is 68.1 Å². The number of hydrogen-bond donors (Lipinski definition) is 2. The number of nitrogens with one attached hydrogen (secondary N) is 2. The molecule has 29 heavy (non-hydrogen) atoms. The Morgan fingerprint density at radius 3 is 2.34 bits per heavy atom. The summed E-state index contributed by atoms with van der Waals surface area (Å²) in [6.45, 7) is 2.16. The fraction of sp³-hybridized carbons (Fsp3) is 0.417. The third-order valence-electron chi connectivity index (χ3n) is 5.30. The minimum absolute atomic E-state index is 0.128. The zero-order valence-electron chi connectivity index (χ0n) is 17.0. The Hall–Kier alpha value is -2.82. The van der Waals surface area contributed by atoms with Gasteiger partial charge in [0.15, 0.2) is 6.10 Å². The van der Waals surface area contributed by atoms with Gasteiger partial charge in [0.2, 0.25) is 0 Å². The number of ether oxygens (including phenoxy) is 1. The fourth-order valence-electron chi connectivity index (χ4n) is 3.62. The summed E-state index contributed by atoms with van der Waals surface area (Å²) in [6, 6.07) is 17.0. The minimum Gasteiger partial charge on any atom is -0.480 e. The fourth-order valence-corrected chi connectivity index (χ4v) is 3.62. The number of benzene rings is 2. The lowest BCUT2D eigenvalue weighted by Crippen LogP contribution is -2.42. The highest BCUT2D eigenvalue weighted by Crippen LogP contribution is 2.21. The Kier molecular flexibility index (Phi) is 7.68. The third kappa shape index (κ3) is 6.34. The summed E-state index contributed by atoms with van der Waals surface area (Å²) in [4.78, 5) is 25.2. The van der Waals surface area contributed by atoms with Gasteiger partial charge in [-0.05, 0) is 37.5 Å². The summed E-state index contributed by atoms with van der Waals surface area (Å²) < 4.78 is 5.88. The summed E-state index contributed by atoms with van der Waals surface area (Å²) in [7, 11) is 0. The van der Waals surface area contributed by atoms with Crippen molar-refractivity contribution in [3.05, 3.63) is 65.7 Å². The van der Waals surface area contributed by atoms with E-state index in [-0.39, 0.29) is 17.9 Å². The second-order valence-electron chi connectivity index (χ2n) is 7.62. The number of carbonyl (C=O) groups excluding carboxylic acids is 2. The topological polar surface area (TPSA) is 67.4 Å². The van der Waals surface area contributed by atoms with Gasteiger partial charge < -0.3 is 15.4 Å². The first-order valence-corrected chi connectivity index (χ1v) is 10.5. The standard InChI is InChI=1S/C24H30N2O3/c1-18(23(27)26-20-13-7-2-3-8-14-20)29-22-16-10-9-15-21(22)24(28)25-17-19-11-5-4-6-12-19/h4-6,9-12,15-16,18,20H,2-3,7-8,13-14,17H2,1H3,(H,25,28)(H,26,27)/t18-/m1/s1. The Balaban J connectivity index is 1.58. The summed E-state index contributed by atoms with van der Waals surface area (Å²) in [5, 5.41) is 6.02. The molecule has 3 rings (SSSR count). The van der Waals surface area contributed by atoms with Crippen LogP contribution in [0.1, 0.15) is 61.4 Å². The number of rotatable bonds is 7. The van der Waals surface area contributed by atoms with Crippen LogP contribution in [0.15, 0.2) is 54.6 Å². The number of carbonyl (C=O) groups is 2. The van der Waals surface area contributed by atoms with E-state index in [0.717, 1.165) is 31.2 Å². The Morgan fingerprint density at radius 2 is 1.62 bits per heavy atom. The molecule has 1 fully saturated rings. The van der Waals surface area contributed by atoms with Crippen molar-refractivity contribution < 1.29 is 14.3 Å². The van der Waals surface area contributed by atoms with Crippen LogP contribution in [0.25, 0.3) is 0 Å². The van der Waals surface area contributed by atoms with E-state index in [9.17, 15) is 9.59 Å². The van der Waals surface area contributed by atoms with E-state index in [1.807, 2.05) is 30.3 Å². The maximum atomic E-state index is 12.7. The predicted molar refractivity (Wildman–Crippen MR) is 114 cm³/mol. The predicted octanol–water partition coefficient (Wildman–Crippen LogP) is 4.22. The van der Waals surface area contributed by atoms with Gasteiger partial charge >= 0.3 is 0 Å². The van der Waals surface area contributed by atoms with Crippen LogP contribution in [0.3, 0.4) is 0 Å². The van der Waals surface area contributed by atoms with Crippen molar-refractivity contribution in [1.82, 2.24) is 10.6 Å². The molecule has 0 saturated heterocycles. The maximum absolute atomic E-state index is 12.7. The van der Waals surface area contributed by atoms with Crippen LogP contribution < -0.4 is 15.4 Å². The van der Waals surface area contributed by atoms with E-state index < -0.39 is 6.10 Å². The van der Waals surface area contributed by atoms with Crippen LogP contribution in [-0.2, 0) is 11.3 Å². The summed E-state index contributed by atoms with van der Waals surface area (Å²) in [5.74, 6) is 0.0683. The molecule has 0 spiro atoms. The van der Waals surface area contributed by atoms with Gasteiger partial charge in [-0.3, -0.25) is 9.59 Å². The monoisotopic (exact) mass is 394 g/mol. The molecule has 5 nitrogen and oxygen atoms in total. The van der Waals surface area contributed by atoms with Crippen LogP contribution in [0.2, 0.25) is 0 Å². The number of para-hydroxylation sites is 1. The number of hydrogen-bond acceptors (Lipinski definition) is 3. The molecule has 0 bridgehead atoms. The van der Waals surface area contributed by atoms with Crippen molar-refractivity contribution in [3.63, 3.8) is 0 Å². The smallest absolute Gasteiger partial charge is 0.260 e. The van der Waals surface area contributed by atoms with E-state index in [1.54, 1.807) is 31.2 Å². The van der Waals surface area contributed by atoms with Crippen molar-refractivity contribution in [1.29, 1.82) is 0 Å². The van der Waals surface area contributed by atoms with Crippen molar-refractivity contribution in [2.75, 3.05) is 0 Å². The van der Waals surface area contributed by atoms with Crippen LogP contribution >= 0.6 is 0 Å². The van der Waals surface area contributed by atoms with Crippen LogP contribution in [0.4, 0.5) is 0 Å². The first kappa shape index (κ1) is 20.9. The molecule has 0 aliphatic heterocycles. The quantitative estimate of drug-likeness (QED) is 0.691. The SMILES string of the molecule is C[C@@H](Oc1ccccc1C(=O)NCc1ccccc1)C(=O)NC1CCCCCC1. The van der Waals surface area contributed by atoms with E-state index in [2.05, 4.69) is 10.6 Å². The zero-order valence-corrected chi connectivity index (χ0v) is 17.0. The van der Waals surface area contributed by atoms with Crippen molar-refractivity contribution in [3.8, 4) is 5.75 Å². The lowest BCUT2D eigenvalue weighted by Gasteiger charge is -2.21. The van der Waals surface area contributed by atoms with Gasteiger partial charge in [-0.15, -0.1) is 0 Å². The van der Waals surface area contributed by atoms with Crippen molar-refractivity contribution in [2.45, 2.75) is 64.1 Å². The normalized spacial score (nSPS) is 15.8. The van der Waals surface area contributed by atoms with E-state index >= 15 is 0 Å². The molecule has 2 amide bonds. The first-order valence-electron chi connectivity index (χ1n) is 10.5. The molecule has 154 valence electrons. The van der Waals surface area contributed by atoms with Gasteiger partial charge in [0.25, 0.3) is 11.8 Å². The van der Waals surface area contributed by atoms with Gasteiger partial charge in [-0.25, -0.2) is 0 Å². The Bertz CT molecular complexity index is 799. The van der Waals surface area contributed by atoms with Crippen LogP contribution in [0.5, 0.6) is 5.75 Å². The molecule has 1 aliphatic carbocycles. The molecule has 5 heteroatoms. The molecule has 0 aromatic heterocycles. The van der Waals surface area contributed by atoms with E-state index in [4.69, 9.17) is 4.74 Å². The lowest BCUT2D eigenvalue weighted by molar-refractivity contribution is -0.128. The van der Waals surface area contributed by atoms with E-state index in [1.165, 1.54) is 12.8 Å². The zero-order chi connectivity index (χ0) is 20.5. The summed E-state index contributed by atoms with van der Waals surface area (Å²) >= 11 is 0. The largest absolute Gasteiger partial charge is 0.480 e. The van der Waals surface area contributed by atoms with Gasteiger partial charge in [0.1, 0.15) is 5.75 Å². The van der Waals surface area contributed by atoms with Gasteiger partial charge in [0, 0.05) is 12.6 Å². The third-order valence-corrected chi connectivity index (χ3v) is 5.30. The molecule has 2 aromatic rings. The minimum atomic E-state index is -0.665. The molecule has 0 radical (unpaired) electrons. The number of amides is 2. The molecule has 1 saturated carbocycles. The van der Waals surface area contributed by atoms with Crippen LogP contribution in [-0.4, -0.2) is 24.0 Å². The summed E-state index contributed by atoms with van der Waals surface area (Å²) in [6.07, 6.45) is 6.18. The highest BCUT2D eigenvalue weighted by Gasteiger charge is 2.22. The van der Waals surface area contributed by atoms with Gasteiger partial charge in [0.05, 0.1) is 5.56 Å². The summed E-state index contributed by atoms with van der Waals surface area (Å²) in [5.41, 5.74) is 1.45. The van der Waals surface area contributed by atoms with E-state index in [0.29, 0.717) is 17.9 Å². The molecule has 0 heterocycles. The maximum Gasteiger partial charge on any atom is 0.260 e.